The maximum atomic E-state index is 12.2. The van der Waals surface area contributed by atoms with Gasteiger partial charge in [0.05, 0.1) is 12.1 Å². The highest BCUT2D eigenvalue weighted by Crippen LogP contribution is 2.22. The van der Waals surface area contributed by atoms with Gasteiger partial charge in [0, 0.05) is 16.5 Å². The maximum absolute atomic E-state index is 12.2. The summed E-state index contributed by atoms with van der Waals surface area (Å²) in [5.41, 5.74) is 3.07. The van der Waals surface area contributed by atoms with Gasteiger partial charge in [0.25, 0.3) is 0 Å². The summed E-state index contributed by atoms with van der Waals surface area (Å²) < 4.78 is 0. The van der Waals surface area contributed by atoms with Crippen LogP contribution in [0.25, 0.3) is 0 Å². The molecule has 0 radical (unpaired) electrons. The van der Waals surface area contributed by atoms with Gasteiger partial charge in [-0.05, 0) is 25.0 Å². The monoisotopic (exact) mass is 345 g/mol. The van der Waals surface area contributed by atoms with Crippen molar-refractivity contribution in [2.45, 2.75) is 41.0 Å². The third kappa shape index (κ3) is 4.64. The number of amides is 2. The molecule has 0 saturated carbocycles. The zero-order chi connectivity index (χ0) is 17.9. The van der Waals surface area contributed by atoms with Crippen LogP contribution < -0.4 is 10.6 Å². The third-order valence-electron chi connectivity index (χ3n) is 3.54. The van der Waals surface area contributed by atoms with Gasteiger partial charge in [-0.2, -0.15) is 0 Å². The first-order chi connectivity index (χ1) is 11.2. The Hall–Kier alpha value is -2.21. The first-order valence-corrected chi connectivity index (χ1v) is 8.66. The van der Waals surface area contributed by atoms with E-state index in [0.29, 0.717) is 10.8 Å². The topological polar surface area (TPSA) is 71.1 Å². The average Bonchev–Trinajstić information content (AvgIpc) is 2.89. The van der Waals surface area contributed by atoms with Crippen molar-refractivity contribution in [2.24, 2.45) is 5.41 Å². The van der Waals surface area contributed by atoms with Crippen molar-refractivity contribution >= 4 is 34.0 Å². The van der Waals surface area contributed by atoms with E-state index in [-0.39, 0.29) is 18.2 Å². The minimum absolute atomic E-state index is 0.0941. The van der Waals surface area contributed by atoms with Gasteiger partial charge in [0.15, 0.2) is 5.13 Å². The van der Waals surface area contributed by atoms with E-state index in [1.807, 2.05) is 52.8 Å². The van der Waals surface area contributed by atoms with Crippen LogP contribution in [0.2, 0.25) is 0 Å². The van der Waals surface area contributed by atoms with Gasteiger partial charge < -0.3 is 10.6 Å². The number of nitrogens with one attached hydrogen (secondary N) is 2. The molecule has 2 rings (SSSR count). The summed E-state index contributed by atoms with van der Waals surface area (Å²) in [6, 6.07) is 5.89. The predicted molar refractivity (Wildman–Crippen MR) is 98.4 cm³/mol. The highest BCUT2D eigenvalue weighted by Gasteiger charge is 2.22. The highest BCUT2D eigenvalue weighted by molar-refractivity contribution is 7.13. The normalized spacial score (nSPS) is 11.2. The number of hydrogen-bond donors (Lipinski definition) is 2. The van der Waals surface area contributed by atoms with Crippen LogP contribution in [-0.4, -0.2) is 16.8 Å². The number of benzene rings is 1. The van der Waals surface area contributed by atoms with E-state index >= 15 is 0 Å². The molecule has 5 nitrogen and oxygen atoms in total. The number of nitrogens with zero attached hydrogens (tertiary/aromatic N) is 1. The van der Waals surface area contributed by atoms with Crippen molar-refractivity contribution in [3.8, 4) is 0 Å². The minimum atomic E-state index is -0.481. The Morgan fingerprint density at radius 2 is 1.75 bits per heavy atom. The van der Waals surface area contributed by atoms with Crippen molar-refractivity contribution in [3.05, 3.63) is 40.4 Å². The number of thiazole rings is 1. The summed E-state index contributed by atoms with van der Waals surface area (Å²) in [6.45, 7) is 9.45. The Bertz CT molecular complexity index is 740. The summed E-state index contributed by atoms with van der Waals surface area (Å²) in [6.07, 6.45) is 0.176. The number of hydrogen-bond acceptors (Lipinski definition) is 4. The van der Waals surface area contributed by atoms with Gasteiger partial charge in [-0.25, -0.2) is 4.98 Å². The third-order valence-corrected chi connectivity index (χ3v) is 4.35. The SMILES string of the molecule is Cc1cccc(C)c1NC(=O)Cc1csc(NC(=O)C(C)(C)C)n1. The molecule has 0 bridgehead atoms. The summed E-state index contributed by atoms with van der Waals surface area (Å²) in [5.74, 6) is -0.213. The maximum Gasteiger partial charge on any atom is 0.231 e. The Labute approximate surface area is 146 Å². The molecule has 0 unspecified atom stereocenters. The second-order valence-corrected chi connectivity index (χ2v) is 7.70. The smallest absolute Gasteiger partial charge is 0.231 e. The molecule has 24 heavy (non-hydrogen) atoms. The molecule has 128 valence electrons. The largest absolute Gasteiger partial charge is 0.325 e. The fourth-order valence-corrected chi connectivity index (χ4v) is 2.80. The second-order valence-electron chi connectivity index (χ2n) is 6.84. The molecule has 1 aromatic heterocycles. The van der Waals surface area contributed by atoms with Crippen LogP contribution in [0.5, 0.6) is 0 Å². The van der Waals surface area contributed by atoms with Gasteiger partial charge in [-0.1, -0.05) is 39.0 Å². The zero-order valence-electron chi connectivity index (χ0n) is 14.7. The minimum Gasteiger partial charge on any atom is -0.325 e. The summed E-state index contributed by atoms with van der Waals surface area (Å²) in [4.78, 5) is 28.5. The van der Waals surface area contributed by atoms with E-state index in [1.54, 1.807) is 5.38 Å². The fourth-order valence-electron chi connectivity index (χ4n) is 2.09. The molecule has 0 atom stereocenters. The van der Waals surface area contributed by atoms with Crippen LogP contribution in [0.4, 0.5) is 10.8 Å². The zero-order valence-corrected chi connectivity index (χ0v) is 15.5. The Kier molecular flexibility index (Phi) is 5.39. The molecular weight excluding hydrogens is 322 g/mol. The van der Waals surface area contributed by atoms with Crippen LogP contribution in [-0.2, 0) is 16.0 Å². The Morgan fingerprint density at radius 1 is 1.12 bits per heavy atom. The average molecular weight is 345 g/mol. The fraction of sp³-hybridized carbons (Fsp3) is 0.389. The van der Waals surface area contributed by atoms with Gasteiger partial charge in [-0.3, -0.25) is 9.59 Å². The molecule has 0 saturated heterocycles. The molecule has 0 fully saturated rings. The van der Waals surface area contributed by atoms with E-state index in [1.165, 1.54) is 11.3 Å². The number of aryl methyl sites for hydroxylation is 2. The number of aromatic nitrogens is 1. The molecule has 0 aliphatic carbocycles. The lowest BCUT2D eigenvalue weighted by Crippen LogP contribution is -2.27. The number of carbonyl (C=O) groups is 2. The molecule has 0 aliphatic rings. The summed E-state index contributed by atoms with van der Waals surface area (Å²) in [7, 11) is 0. The van der Waals surface area contributed by atoms with Gasteiger partial charge in [0.2, 0.25) is 11.8 Å². The quantitative estimate of drug-likeness (QED) is 0.882. The van der Waals surface area contributed by atoms with Crippen molar-refractivity contribution in [2.75, 3.05) is 10.6 Å². The molecular formula is C18H23N3O2S. The van der Waals surface area contributed by atoms with Crippen LogP contribution in [0.1, 0.15) is 37.6 Å². The number of carbonyl (C=O) groups excluding carboxylic acids is 2. The molecule has 2 N–H and O–H groups in total. The molecule has 2 amide bonds. The van der Waals surface area contributed by atoms with E-state index in [4.69, 9.17) is 0 Å². The lowest BCUT2D eigenvalue weighted by molar-refractivity contribution is -0.123. The van der Waals surface area contributed by atoms with Gasteiger partial charge >= 0.3 is 0 Å². The highest BCUT2D eigenvalue weighted by atomic mass is 32.1. The summed E-state index contributed by atoms with van der Waals surface area (Å²) >= 11 is 1.33. The standard InChI is InChI=1S/C18H23N3O2S/c1-11-7-6-8-12(2)15(11)20-14(22)9-13-10-24-17(19-13)21-16(23)18(3,4)5/h6-8,10H,9H2,1-5H3,(H,20,22)(H,19,21,23). The molecule has 2 aromatic rings. The van der Waals surface area contributed by atoms with Crippen molar-refractivity contribution in [1.29, 1.82) is 0 Å². The van der Waals surface area contributed by atoms with Gasteiger partial charge in [0.1, 0.15) is 0 Å². The molecule has 1 heterocycles. The number of rotatable bonds is 4. The lowest BCUT2D eigenvalue weighted by atomic mass is 9.96. The lowest BCUT2D eigenvalue weighted by Gasteiger charge is -2.15. The van der Waals surface area contributed by atoms with E-state index in [2.05, 4.69) is 15.6 Å². The molecule has 6 heteroatoms. The summed E-state index contributed by atoms with van der Waals surface area (Å²) in [5, 5.41) is 8.03. The molecule has 1 aromatic carbocycles. The Balaban J connectivity index is 1.99. The van der Waals surface area contributed by atoms with Crippen LogP contribution in [0, 0.1) is 19.3 Å². The van der Waals surface area contributed by atoms with E-state index in [0.717, 1.165) is 16.8 Å². The number of para-hydroxylation sites is 1. The van der Waals surface area contributed by atoms with Crippen molar-refractivity contribution in [1.82, 2.24) is 4.98 Å². The van der Waals surface area contributed by atoms with Gasteiger partial charge in [-0.15, -0.1) is 11.3 Å². The van der Waals surface area contributed by atoms with E-state index in [9.17, 15) is 9.59 Å². The predicted octanol–water partition coefficient (Wildman–Crippen LogP) is 3.93. The number of anilines is 2. The Morgan fingerprint density at radius 3 is 2.33 bits per heavy atom. The molecule has 0 spiro atoms. The van der Waals surface area contributed by atoms with Crippen LogP contribution in [0.15, 0.2) is 23.6 Å². The van der Waals surface area contributed by atoms with Crippen LogP contribution in [0.3, 0.4) is 0 Å². The van der Waals surface area contributed by atoms with Crippen molar-refractivity contribution in [3.63, 3.8) is 0 Å². The van der Waals surface area contributed by atoms with E-state index < -0.39 is 5.41 Å². The molecule has 0 aliphatic heterocycles. The van der Waals surface area contributed by atoms with Crippen LogP contribution >= 0.6 is 11.3 Å². The second kappa shape index (κ2) is 7.13. The first kappa shape index (κ1) is 18.1. The first-order valence-electron chi connectivity index (χ1n) is 7.79. The van der Waals surface area contributed by atoms with Crippen molar-refractivity contribution < 1.29 is 9.59 Å².